The Morgan fingerprint density at radius 1 is 1.10 bits per heavy atom. The minimum absolute atomic E-state index is 0.418. The van der Waals surface area contributed by atoms with Crippen molar-refractivity contribution in [1.82, 2.24) is 0 Å². The number of carboxylic acids is 1. The SMILES string of the molecule is Cc1sc(Cl)cc1C1=C(c2cc(C(=O)O)sc2C)CCC1. The van der Waals surface area contributed by atoms with Crippen molar-refractivity contribution >= 4 is 51.4 Å². The standard InChI is InChI=1S/C16H15ClO2S2/c1-8-12(6-14(20-8)16(18)19)10-4-3-5-11(10)13-7-15(17)21-9(13)2/h6-7H,3-5H2,1-2H3,(H,18,19). The summed E-state index contributed by atoms with van der Waals surface area (Å²) in [6.07, 6.45) is 3.18. The molecule has 110 valence electrons. The van der Waals surface area contributed by atoms with Crippen LogP contribution < -0.4 is 0 Å². The van der Waals surface area contributed by atoms with Crippen LogP contribution in [0.15, 0.2) is 12.1 Å². The molecule has 2 nitrogen and oxygen atoms in total. The molecule has 0 aliphatic heterocycles. The molecule has 2 aromatic heterocycles. The zero-order chi connectivity index (χ0) is 15.1. The second kappa shape index (κ2) is 5.59. The molecule has 0 fully saturated rings. The molecular weight excluding hydrogens is 324 g/mol. The van der Waals surface area contributed by atoms with Gasteiger partial charge < -0.3 is 5.11 Å². The predicted molar refractivity (Wildman–Crippen MR) is 90.7 cm³/mol. The van der Waals surface area contributed by atoms with Gasteiger partial charge in [0.1, 0.15) is 4.88 Å². The Balaban J connectivity index is 2.13. The molecule has 0 saturated carbocycles. The van der Waals surface area contributed by atoms with Crippen LogP contribution in [0.3, 0.4) is 0 Å². The first-order chi connectivity index (χ1) is 9.97. The van der Waals surface area contributed by atoms with Crippen molar-refractivity contribution in [2.75, 3.05) is 0 Å². The largest absolute Gasteiger partial charge is 0.477 e. The number of aromatic carboxylic acids is 1. The average molecular weight is 339 g/mol. The van der Waals surface area contributed by atoms with Crippen LogP contribution in [-0.4, -0.2) is 11.1 Å². The first-order valence-electron chi connectivity index (χ1n) is 6.80. The molecule has 0 spiro atoms. The molecule has 2 aromatic rings. The van der Waals surface area contributed by atoms with Crippen molar-refractivity contribution in [3.8, 4) is 0 Å². The third-order valence-corrected chi connectivity index (χ3v) is 6.10. The molecule has 0 radical (unpaired) electrons. The fourth-order valence-electron chi connectivity index (χ4n) is 2.97. The van der Waals surface area contributed by atoms with Crippen LogP contribution in [-0.2, 0) is 0 Å². The van der Waals surface area contributed by atoms with Gasteiger partial charge in [-0.05, 0) is 67.5 Å². The van der Waals surface area contributed by atoms with Crippen LogP contribution >= 0.6 is 34.3 Å². The Hall–Kier alpha value is -1.10. The predicted octanol–water partition coefficient (Wildman–Crippen LogP) is 5.87. The Morgan fingerprint density at radius 3 is 2.14 bits per heavy atom. The van der Waals surface area contributed by atoms with Crippen molar-refractivity contribution in [2.45, 2.75) is 33.1 Å². The first kappa shape index (κ1) is 14.8. The molecule has 0 bridgehead atoms. The highest BCUT2D eigenvalue weighted by atomic mass is 35.5. The van der Waals surface area contributed by atoms with E-state index in [9.17, 15) is 9.90 Å². The summed E-state index contributed by atoms with van der Waals surface area (Å²) in [5.41, 5.74) is 4.98. The smallest absolute Gasteiger partial charge is 0.345 e. The van der Waals surface area contributed by atoms with E-state index < -0.39 is 5.97 Å². The highest BCUT2D eigenvalue weighted by Crippen LogP contribution is 2.45. The van der Waals surface area contributed by atoms with Crippen LogP contribution in [0.5, 0.6) is 0 Å². The maximum Gasteiger partial charge on any atom is 0.345 e. The molecular formula is C16H15ClO2S2. The van der Waals surface area contributed by atoms with Crippen molar-refractivity contribution in [3.63, 3.8) is 0 Å². The summed E-state index contributed by atoms with van der Waals surface area (Å²) in [5.74, 6) is -0.843. The van der Waals surface area contributed by atoms with Gasteiger partial charge in [-0.25, -0.2) is 4.79 Å². The van der Waals surface area contributed by atoms with E-state index in [1.165, 1.54) is 32.9 Å². The molecule has 0 atom stereocenters. The Morgan fingerprint density at radius 2 is 1.67 bits per heavy atom. The maximum absolute atomic E-state index is 11.2. The second-order valence-electron chi connectivity index (χ2n) is 5.22. The topological polar surface area (TPSA) is 37.3 Å². The fraction of sp³-hybridized carbons (Fsp3) is 0.312. The number of carbonyl (C=O) groups is 1. The van der Waals surface area contributed by atoms with Gasteiger partial charge in [0, 0.05) is 9.75 Å². The van der Waals surface area contributed by atoms with Crippen LogP contribution in [0.2, 0.25) is 4.34 Å². The maximum atomic E-state index is 11.2. The molecule has 1 aliphatic carbocycles. The van der Waals surface area contributed by atoms with E-state index in [0.717, 1.165) is 34.0 Å². The van der Waals surface area contributed by atoms with E-state index in [1.54, 1.807) is 11.3 Å². The summed E-state index contributed by atoms with van der Waals surface area (Å²) in [4.78, 5) is 13.9. The number of halogens is 1. The summed E-state index contributed by atoms with van der Waals surface area (Å²) in [6, 6.07) is 3.87. The summed E-state index contributed by atoms with van der Waals surface area (Å²) >= 11 is 9.10. The van der Waals surface area contributed by atoms with Gasteiger partial charge in [-0.3, -0.25) is 0 Å². The van der Waals surface area contributed by atoms with Gasteiger partial charge in [-0.1, -0.05) is 11.6 Å². The molecule has 0 amide bonds. The van der Waals surface area contributed by atoms with Crippen molar-refractivity contribution in [2.24, 2.45) is 0 Å². The summed E-state index contributed by atoms with van der Waals surface area (Å²) in [7, 11) is 0. The van der Waals surface area contributed by atoms with Gasteiger partial charge in [-0.2, -0.15) is 0 Å². The zero-order valence-electron chi connectivity index (χ0n) is 11.8. The summed E-state index contributed by atoms with van der Waals surface area (Å²) in [5, 5.41) is 9.17. The van der Waals surface area contributed by atoms with Crippen molar-refractivity contribution < 1.29 is 9.90 Å². The van der Waals surface area contributed by atoms with E-state index in [0.29, 0.717) is 4.88 Å². The van der Waals surface area contributed by atoms with Gasteiger partial charge in [0.25, 0.3) is 0 Å². The number of rotatable bonds is 3. The van der Waals surface area contributed by atoms with Gasteiger partial charge in [-0.15, -0.1) is 22.7 Å². The Kier molecular flexibility index (Phi) is 3.95. The fourth-order valence-corrected chi connectivity index (χ4v) is 5.07. The van der Waals surface area contributed by atoms with E-state index in [2.05, 4.69) is 6.92 Å². The highest BCUT2D eigenvalue weighted by molar-refractivity contribution is 7.16. The minimum Gasteiger partial charge on any atom is -0.477 e. The molecule has 1 aliphatic rings. The normalized spacial score (nSPS) is 15.0. The van der Waals surface area contributed by atoms with Crippen molar-refractivity contribution in [3.05, 3.63) is 42.2 Å². The molecule has 0 saturated heterocycles. The molecule has 1 N–H and O–H groups in total. The van der Waals surface area contributed by atoms with E-state index >= 15 is 0 Å². The van der Waals surface area contributed by atoms with Crippen LogP contribution in [0.4, 0.5) is 0 Å². The lowest BCUT2D eigenvalue weighted by Gasteiger charge is -2.07. The summed E-state index contributed by atoms with van der Waals surface area (Å²) in [6.45, 7) is 4.10. The molecule has 3 rings (SSSR count). The highest BCUT2D eigenvalue weighted by Gasteiger charge is 2.23. The van der Waals surface area contributed by atoms with E-state index in [-0.39, 0.29) is 0 Å². The lowest BCUT2D eigenvalue weighted by molar-refractivity contribution is 0.0702. The Bertz CT molecular complexity index is 752. The number of carboxylic acid groups (broad SMARTS) is 1. The van der Waals surface area contributed by atoms with Gasteiger partial charge >= 0.3 is 5.97 Å². The second-order valence-corrected chi connectivity index (χ2v) is 8.36. The third-order valence-electron chi connectivity index (χ3n) is 3.88. The lowest BCUT2D eigenvalue weighted by Crippen LogP contribution is -1.91. The number of allylic oxidation sites excluding steroid dienone is 2. The Labute approximate surface area is 136 Å². The number of aryl methyl sites for hydroxylation is 2. The minimum atomic E-state index is -0.843. The molecule has 5 heteroatoms. The molecule has 0 aromatic carbocycles. The third kappa shape index (κ3) is 2.68. The van der Waals surface area contributed by atoms with Gasteiger partial charge in [0.15, 0.2) is 0 Å². The van der Waals surface area contributed by atoms with Crippen LogP contribution in [0.25, 0.3) is 11.1 Å². The summed E-state index contributed by atoms with van der Waals surface area (Å²) < 4.78 is 0.814. The first-order valence-corrected chi connectivity index (χ1v) is 8.81. The molecule has 21 heavy (non-hydrogen) atoms. The molecule has 0 unspecified atom stereocenters. The monoisotopic (exact) mass is 338 g/mol. The quantitative estimate of drug-likeness (QED) is 0.759. The average Bonchev–Trinajstić information content (AvgIpc) is 3.07. The molecule has 2 heterocycles. The van der Waals surface area contributed by atoms with Gasteiger partial charge in [0.2, 0.25) is 0 Å². The van der Waals surface area contributed by atoms with E-state index in [4.69, 9.17) is 11.6 Å². The number of hydrogen-bond donors (Lipinski definition) is 1. The number of thiophene rings is 2. The van der Waals surface area contributed by atoms with Crippen LogP contribution in [0.1, 0.15) is 49.8 Å². The lowest BCUT2D eigenvalue weighted by atomic mass is 9.98. The zero-order valence-corrected chi connectivity index (χ0v) is 14.2. The number of hydrogen-bond acceptors (Lipinski definition) is 3. The van der Waals surface area contributed by atoms with Crippen LogP contribution in [0, 0.1) is 13.8 Å². The van der Waals surface area contributed by atoms with Gasteiger partial charge in [0.05, 0.1) is 4.34 Å². The van der Waals surface area contributed by atoms with E-state index in [1.807, 2.05) is 19.1 Å². The van der Waals surface area contributed by atoms with Crippen molar-refractivity contribution in [1.29, 1.82) is 0 Å².